The van der Waals surface area contributed by atoms with Crippen molar-refractivity contribution in [3.8, 4) is 0 Å². The third-order valence-corrected chi connectivity index (χ3v) is 17.1. The van der Waals surface area contributed by atoms with Gasteiger partial charge in [0.1, 0.15) is 6.10 Å². The van der Waals surface area contributed by atoms with E-state index in [2.05, 4.69) is 98.1 Å². The number of rotatable bonds is 12. The molecule has 6 heteroatoms. The van der Waals surface area contributed by atoms with E-state index in [1.165, 1.54) is 5.56 Å². The summed E-state index contributed by atoms with van der Waals surface area (Å²) in [6.07, 6.45) is 4.01. The van der Waals surface area contributed by atoms with Crippen LogP contribution in [0.1, 0.15) is 66.4 Å². The monoisotopic (exact) mass is 494 g/mol. The normalized spacial score (nSPS) is 21.7. The lowest BCUT2D eigenvalue weighted by molar-refractivity contribution is 0.0779. The van der Waals surface area contributed by atoms with Gasteiger partial charge in [0.2, 0.25) is 0 Å². The number of hydrogen-bond donors (Lipinski definition) is 1. The Bertz CT molecular complexity index is 722. The Labute approximate surface area is 205 Å². The first kappa shape index (κ1) is 28.7. The Balaban J connectivity index is 2.21. The number of aryl methyl sites for hydroxylation is 1. The molecule has 4 nitrogen and oxygen atoms in total. The molecule has 190 valence electrons. The van der Waals surface area contributed by atoms with E-state index in [0.717, 1.165) is 25.7 Å². The molecule has 0 bridgehead atoms. The van der Waals surface area contributed by atoms with Gasteiger partial charge in [-0.1, -0.05) is 71.9 Å². The van der Waals surface area contributed by atoms with E-state index in [-0.39, 0.29) is 41.1 Å². The maximum absolute atomic E-state index is 9.51. The zero-order valence-electron chi connectivity index (χ0n) is 22.9. The van der Waals surface area contributed by atoms with Crippen LogP contribution in [0.2, 0.25) is 36.3 Å². The summed E-state index contributed by atoms with van der Waals surface area (Å²) >= 11 is 0. The van der Waals surface area contributed by atoms with Crippen LogP contribution in [-0.4, -0.2) is 52.8 Å². The molecule has 1 aromatic rings. The van der Waals surface area contributed by atoms with Crippen LogP contribution in [0.3, 0.4) is 0 Å². The fraction of sp³-hybridized carbons (Fsp3) is 0.778. The van der Waals surface area contributed by atoms with E-state index in [1.807, 2.05) is 0 Å². The Hall–Kier alpha value is -0.506. The first-order valence-electron chi connectivity index (χ1n) is 12.7. The van der Waals surface area contributed by atoms with Crippen molar-refractivity contribution in [1.82, 2.24) is 0 Å². The number of hydrogen-bond acceptors (Lipinski definition) is 4. The maximum atomic E-state index is 9.51. The Morgan fingerprint density at radius 1 is 0.848 bits per heavy atom. The van der Waals surface area contributed by atoms with Gasteiger partial charge in [-0.05, 0) is 61.1 Å². The number of epoxide rings is 1. The predicted octanol–water partition coefficient (Wildman–Crippen LogP) is 6.94. The highest BCUT2D eigenvalue weighted by atomic mass is 28.4. The third kappa shape index (κ3) is 8.58. The molecule has 0 saturated carbocycles. The van der Waals surface area contributed by atoms with Gasteiger partial charge in [-0.3, -0.25) is 0 Å². The van der Waals surface area contributed by atoms with Crippen molar-refractivity contribution >= 4 is 16.6 Å². The molecule has 33 heavy (non-hydrogen) atoms. The molecule has 0 aliphatic carbocycles. The average molecular weight is 495 g/mol. The second kappa shape index (κ2) is 11.0. The molecule has 0 aromatic heterocycles. The highest BCUT2D eigenvalue weighted by molar-refractivity contribution is 6.74. The molecule has 1 aliphatic rings. The highest BCUT2D eigenvalue weighted by Crippen LogP contribution is 2.41. The summed E-state index contributed by atoms with van der Waals surface area (Å²) in [6.45, 7) is 23.2. The van der Waals surface area contributed by atoms with Crippen molar-refractivity contribution in [3.63, 3.8) is 0 Å². The summed E-state index contributed by atoms with van der Waals surface area (Å²) < 4.78 is 19.7. The molecule has 4 atom stereocenters. The molecular weight excluding hydrogens is 444 g/mol. The highest BCUT2D eigenvalue weighted by Gasteiger charge is 2.45. The molecule has 1 aromatic carbocycles. The van der Waals surface area contributed by atoms with Crippen molar-refractivity contribution in [2.75, 3.05) is 6.61 Å². The lowest BCUT2D eigenvalue weighted by Crippen LogP contribution is -2.47. The predicted molar refractivity (Wildman–Crippen MR) is 144 cm³/mol. The summed E-state index contributed by atoms with van der Waals surface area (Å²) in [5.41, 5.74) is 1.36. The Morgan fingerprint density at radius 2 is 1.36 bits per heavy atom. The van der Waals surface area contributed by atoms with Crippen LogP contribution in [0.15, 0.2) is 30.3 Å². The number of ether oxygens (including phenoxy) is 1. The van der Waals surface area contributed by atoms with Crippen LogP contribution in [-0.2, 0) is 20.0 Å². The van der Waals surface area contributed by atoms with E-state index in [0.29, 0.717) is 0 Å². The van der Waals surface area contributed by atoms with Gasteiger partial charge in [0.15, 0.2) is 16.6 Å². The van der Waals surface area contributed by atoms with E-state index in [4.69, 9.17) is 13.6 Å². The van der Waals surface area contributed by atoms with E-state index >= 15 is 0 Å². The molecule has 0 radical (unpaired) electrons. The van der Waals surface area contributed by atoms with Gasteiger partial charge >= 0.3 is 0 Å². The molecule has 1 aliphatic heterocycles. The average Bonchev–Trinajstić information content (AvgIpc) is 3.42. The summed E-state index contributed by atoms with van der Waals surface area (Å²) in [5, 5.41) is 9.82. The van der Waals surface area contributed by atoms with Crippen molar-refractivity contribution in [1.29, 1.82) is 0 Å². The minimum Gasteiger partial charge on any atom is -0.414 e. The standard InChI is InChI=1S/C27H50O4Si2/c1-26(2,3)32(7,8)30-22(17-16-21-14-12-11-13-15-21)18-23(19-24-25(20-28)29-24)31-33(9,10)27(4,5)6/h11-15,22-25,28H,16-20H2,1-10H3/t22-,23-,24+,25+/m0/s1. The largest absolute Gasteiger partial charge is 0.414 e. The fourth-order valence-corrected chi connectivity index (χ4v) is 6.46. The third-order valence-electron chi connectivity index (χ3n) is 8.02. The van der Waals surface area contributed by atoms with Gasteiger partial charge in [0, 0.05) is 12.5 Å². The molecule has 1 fully saturated rings. The van der Waals surface area contributed by atoms with Crippen molar-refractivity contribution in [2.24, 2.45) is 0 Å². The molecule has 1 heterocycles. The fourth-order valence-electron chi connectivity index (χ4n) is 3.68. The maximum Gasteiger partial charge on any atom is 0.192 e. The number of benzene rings is 1. The summed E-state index contributed by atoms with van der Waals surface area (Å²) in [7, 11) is -3.88. The topological polar surface area (TPSA) is 51.2 Å². The Morgan fingerprint density at radius 3 is 1.82 bits per heavy atom. The van der Waals surface area contributed by atoms with Gasteiger partial charge in [-0.2, -0.15) is 0 Å². The minimum atomic E-state index is -1.95. The van der Waals surface area contributed by atoms with Gasteiger partial charge in [0.05, 0.1) is 18.8 Å². The summed E-state index contributed by atoms with van der Waals surface area (Å²) in [5.74, 6) is 0. The summed E-state index contributed by atoms with van der Waals surface area (Å²) in [6, 6.07) is 10.7. The molecule has 0 unspecified atom stereocenters. The molecule has 0 amide bonds. The molecule has 2 rings (SSSR count). The van der Waals surface area contributed by atoms with Crippen molar-refractivity contribution < 1.29 is 18.7 Å². The van der Waals surface area contributed by atoms with Gasteiger partial charge < -0.3 is 18.7 Å². The Kier molecular flexibility index (Phi) is 9.61. The molecule has 1 saturated heterocycles. The van der Waals surface area contributed by atoms with Crippen LogP contribution in [0.25, 0.3) is 0 Å². The molecular formula is C27H50O4Si2. The van der Waals surface area contributed by atoms with Crippen molar-refractivity contribution in [2.45, 2.75) is 128 Å². The van der Waals surface area contributed by atoms with Gasteiger partial charge in [0.25, 0.3) is 0 Å². The van der Waals surface area contributed by atoms with Gasteiger partial charge in [-0.25, -0.2) is 0 Å². The van der Waals surface area contributed by atoms with Crippen LogP contribution in [0.5, 0.6) is 0 Å². The molecule has 1 N–H and O–H groups in total. The molecule has 0 spiro atoms. The second-order valence-electron chi connectivity index (χ2n) is 12.9. The van der Waals surface area contributed by atoms with Crippen LogP contribution >= 0.6 is 0 Å². The van der Waals surface area contributed by atoms with E-state index in [9.17, 15) is 5.11 Å². The van der Waals surface area contributed by atoms with Crippen LogP contribution in [0, 0.1) is 0 Å². The van der Waals surface area contributed by atoms with E-state index < -0.39 is 16.6 Å². The van der Waals surface area contributed by atoms with Crippen LogP contribution in [0.4, 0.5) is 0 Å². The van der Waals surface area contributed by atoms with Crippen LogP contribution < -0.4 is 0 Å². The number of aliphatic hydroxyl groups excluding tert-OH is 1. The quantitative estimate of drug-likeness (QED) is 0.252. The number of aliphatic hydroxyl groups is 1. The van der Waals surface area contributed by atoms with E-state index in [1.54, 1.807) is 0 Å². The summed E-state index contributed by atoms with van der Waals surface area (Å²) in [4.78, 5) is 0. The first-order chi connectivity index (χ1) is 15.1. The zero-order chi connectivity index (χ0) is 25.1. The zero-order valence-corrected chi connectivity index (χ0v) is 24.9. The first-order valence-corrected chi connectivity index (χ1v) is 18.5. The van der Waals surface area contributed by atoms with Crippen molar-refractivity contribution in [3.05, 3.63) is 35.9 Å². The second-order valence-corrected chi connectivity index (χ2v) is 22.4. The van der Waals surface area contributed by atoms with Gasteiger partial charge in [-0.15, -0.1) is 0 Å². The minimum absolute atomic E-state index is 0.0282. The smallest absolute Gasteiger partial charge is 0.192 e. The SMILES string of the molecule is CC(C)(C)[Si](C)(C)O[C@@H](CCc1ccccc1)C[C@@H](C[C@H]1O[C@@H]1CO)O[Si](C)(C)C(C)(C)C. The lowest BCUT2D eigenvalue weighted by atomic mass is 10.0. The lowest BCUT2D eigenvalue weighted by Gasteiger charge is -2.42.